The molecular formula is C14H19BrN2O2. The second-order valence-corrected chi connectivity index (χ2v) is 5.72. The highest BCUT2D eigenvalue weighted by Gasteiger charge is 2.25. The van der Waals surface area contributed by atoms with Gasteiger partial charge in [0.2, 0.25) is 5.91 Å². The molecule has 1 fully saturated rings. The Balaban J connectivity index is 2.07. The van der Waals surface area contributed by atoms with Crippen LogP contribution in [-0.2, 0) is 11.3 Å². The lowest BCUT2D eigenvalue weighted by Gasteiger charge is -2.22. The van der Waals surface area contributed by atoms with Crippen molar-refractivity contribution < 1.29 is 9.53 Å². The number of carbonyl (C=O) groups is 1. The maximum atomic E-state index is 12.2. The molecule has 1 aromatic carbocycles. The number of halogens is 1. The van der Waals surface area contributed by atoms with E-state index in [0.717, 1.165) is 35.2 Å². The number of hydrogen-bond donors (Lipinski definition) is 1. The molecule has 0 bridgehead atoms. The van der Waals surface area contributed by atoms with Crippen molar-refractivity contribution in [3.63, 3.8) is 0 Å². The van der Waals surface area contributed by atoms with E-state index in [1.54, 1.807) is 12.0 Å². The molecular weight excluding hydrogens is 308 g/mol. The van der Waals surface area contributed by atoms with Gasteiger partial charge in [-0.05, 0) is 37.6 Å². The van der Waals surface area contributed by atoms with Crippen LogP contribution in [0.15, 0.2) is 22.7 Å². The number of nitrogens with one attached hydrogen (secondary N) is 1. The number of rotatable bonds is 4. The quantitative estimate of drug-likeness (QED) is 0.922. The van der Waals surface area contributed by atoms with E-state index in [4.69, 9.17) is 4.74 Å². The van der Waals surface area contributed by atoms with E-state index in [-0.39, 0.29) is 11.9 Å². The first kappa shape index (κ1) is 14.3. The van der Waals surface area contributed by atoms with Gasteiger partial charge in [0, 0.05) is 23.6 Å². The molecule has 19 heavy (non-hydrogen) atoms. The monoisotopic (exact) mass is 326 g/mol. The minimum absolute atomic E-state index is 0.0249. The summed E-state index contributed by atoms with van der Waals surface area (Å²) in [5.41, 5.74) is 1.01. The van der Waals surface area contributed by atoms with Crippen LogP contribution < -0.4 is 10.1 Å². The van der Waals surface area contributed by atoms with E-state index in [2.05, 4.69) is 21.2 Å². The highest BCUT2D eigenvalue weighted by Crippen LogP contribution is 2.24. The van der Waals surface area contributed by atoms with Crippen molar-refractivity contribution in [3.05, 3.63) is 28.2 Å². The molecule has 0 aliphatic carbocycles. The molecule has 1 aliphatic rings. The van der Waals surface area contributed by atoms with Crippen molar-refractivity contribution in [2.45, 2.75) is 25.4 Å². The first-order chi connectivity index (χ1) is 9.11. The maximum absolute atomic E-state index is 12.2. The zero-order valence-electron chi connectivity index (χ0n) is 11.3. The molecule has 0 spiro atoms. The molecule has 1 aromatic rings. The van der Waals surface area contributed by atoms with Gasteiger partial charge in [-0.15, -0.1) is 0 Å². The zero-order valence-corrected chi connectivity index (χ0v) is 12.9. The molecule has 1 amide bonds. The normalized spacial score (nSPS) is 18.4. The molecule has 1 aliphatic heterocycles. The van der Waals surface area contributed by atoms with Gasteiger partial charge in [-0.25, -0.2) is 0 Å². The summed E-state index contributed by atoms with van der Waals surface area (Å²) in [4.78, 5) is 14.0. The predicted molar refractivity (Wildman–Crippen MR) is 78.2 cm³/mol. The predicted octanol–water partition coefficient (Wildman–Crippen LogP) is 2.17. The molecule has 5 heteroatoms. The van der Waals surface area contributed by atoms with Crippen LogP contribution in [-0.4, -0.2) is 37.6 Å². The largest absolute Gasteiger partial charge is 0.496 e. The molecule has 1 atom stereocenters. The molecule has 4 nitrogen and oxygen atoms in total. The van der Waals surface area contributed by atoms with Crippen LogP contribution >= 0.6 is 15.9 Å². The first-order valence-electron chi connectivity index (χ1n) is 6.42. The Kier molecular flexibility index (Phi) is 4.82. The van der Waals surface area contributed by atoms with Gasteiger partial charge in [0.05, 0.1) is 13.2 Å². The number of benzene rings is 1. The van der Waals surface area contributed by atoms with E-state index in [9.17, 15) is 4.79 Å². The third-order valence-corrected chi connectivity index (χ3v) is 3.88. The van der Waals surface area contributed by atoms with Gasteiger partial charge < -0.3 is 15.0 Å². The van der Waals surface area contributed by atoms with Crippen LogP contribution in [0.2, 0.25) is 0 Å². The van der Waals surface area contributed by atoms with Gasteiger partial charge in [0.25, 0.3) is 0 Å². The Morgan fingerprint density at radius 1 is 1.58 bits per heavy atom. The number of likely N-dealkylation sites (N-methyl/N-ethyl adjacent to an activating group) is 1. The SMILES string of the molecule is COc1ccc(Br)cc1CN(C)C(=O)C1CCCN1. The van der Waals surface area contributed by atoms with Crippen LogP contribution in [0.25, 0.3) is 0 Å². The summed E-state index contributed by atoms with van der Waals surface area (Å²) < 4.78 is 6.32. The fourth-order valence-electron chi connectivity index (χ4n) is 2.37. The van der Waals surface area contributed by atoms with Crippen molar-refractivity contribution in [1.82, 2.24) is 10.2 Å². The van der Waals surface area contributed by atoms with Crippen LogP contribution in [0.4, 0.5) is 0 Å². The molecule has 1 saturated heterocycles. The third-order valence-electron chi connectivity index (χ3n) is 3.38. The van der Waals surface area contributed by atoms with Gasteiger partial charge in [-0.3, -0.25) is 4.79 Å². The zero-order chi connectivity index (χ0) is 13.8. The van der Waals surface area contributed by atoms with Crippen molar-refractivity contribution >= 4 is 21.8 Å². The van der Waals surface area contributed by atoms with Crippen molar-refractivity contribution in [1.29, 1.82) is 0 Å². The summed E-state index contributed by atoms with van der Waals surface area (Å²) >= 11 is 3.45. The van der Waals surface area contributed by atoms with Crippen molar-refractivity contribution in [2.24, 2.45) is 0 Å². The summed E-state index contributed by atoms with van der Waals surface area (Å²) in [6.07, 6.45) is 2.00. The highest BCUT2D eigenvalue weighted by atomic mass is 79.9. The standard InChI is InChI=1S/C14H19BrN2O2/c1-17(14(18)12-4-3-7-16-12)9-10-8-11(15)5-6-13(10)19-2/h5-6,8,12,16H,3-4,7,9H2,1-2H3. The second-order valence-electron chi connectivity index (χ2n) is 4.80. The number of amides is 1. The van der Waals surface area contributed by atoms with Gasteiger partial charge >= 0.3 is 0 Å². The van der Waals surface area contributed by atoms with Crippen molar-refractivity contribution in [3.8, 4) is 5.75 Å². The Labute approximate surface area is 122 Å². The lowest BCUT2D eigenvalue weighted by Crippen LogP contribution is -2.41. The smallest absolute Gasteiger partial charge is 0.239 e. The minimum atomic E-state index is -0.0249. The molecule has 1 N–H and O–H groups in total. The molecule has 1 unspecified atom stereocenters. The van der Waals surface area contributed by atoms with Gasteiger partial charge in [0.1, 0.15) is 5.75 Å². The van der Waals surface area contributed by atoms with Gasteiger partial charge in [-0.1, -0.05) is 15.9 Å². The van der Waals surface area contributed by atoms with Crippen molar-refractivity contribution in [2.75, 3.05) is 20.7 Å². The lowest BCUT2D eigenvalue weighted by atomic mass is 10.1. The second kappa shape index (κ2) is 6.39. The number of methoxy groups -OCH3 is 1. The summed E-state index contributed by atoms with van der Waals surface area (Å²) in [5, 5.41) is 3.23. The molecule has 2 rings (SSSR count). The third kappa shape index (κ3) is 3.48. The number of nitrogens with zero attached hydrogens (tertiary/aromatic N) is 1. The average Bonchev–Trinajstić information content (AvgIpc) is 2.92. The Bertz CT molecular complexity index is 459. The van der Waals surface area contributed by atoms with E-state index in [1.165, 1.54) is 0 Å². The molecule has 104 valence electrons. The minimum Gasteiger partial charge on any atom is -0.496 e. The van der Waals surface area contributed by atoms with E-state index >= 15 is 0 Å². The molecule has 0 saturated carbocycles. The summed E-state index contributed by atoms with van der Waals surface area (Å²) in [7, 11) is 3.48. The Morgan fingerprint density at radius 3 is 3.00 bits per heavy atom. The maximum Gasteiger partial charge on any atom is 0.239 e. The van der Waals surface area contributed by atoms with Gasteiger partial charge in [-0.2, -0.15) is 0 Å². The summed E-state index contributed by atoms with van der Waals surface area (Å²) in [6, 6.07) is 5.81. The number of hydrogen-bond acceptors (Lipinski definition) is 3. The van der Waals surface area contributed by atoms with E-state index in [0.29, 0.717) is 6.54 Å². The van der Waals surface area contributed by atoms with E-state index < -0.39 is 0 Å². The fraction of sp³-hybridized carbons (Fsp3) is 0.500. The molecule has 0 radical (unpaired) electrons. The average molecular weight is 327 g/mol. The van der Waals surface area contributed by atoms with Crippen LogP contribution in [0.3, 0.4) is 0 Å². The molecule has 0 aromatic heterocycles. The topological polar surface area (TPSA) is 41.6 Å². The molecule has 1 heterocycles. The van der Waals surface area contributed by atoms with Crippen LogP contribution in [0, 0.1) is 0 Å². The Morgan fingerprint density at radius 2 is 2.37 bits per heavy atom. The lowest BCUT2D eigenvalue weighted by molar-refractivity contribution is -0.132. The first-order valence-corrected chi connectivity index (χ1v) is 7.22. The number of carbonyl (C=O) groups excluding carboxylic acids is 1. The fourth-order valence-corrected chi connectivity index (χ4v) is 2.77. The van der Waals surface area contributed by atoms with Crippen LogP contribution in [0.5, 0.6) is 5.75 Å². The summed E-state index contributed by atoms with van der Waals surface area (Å²) in [6.45, 7) is 1.49. The summed E-state index contributed by atoms with van der Waals surface area (Å²) in [5.74, 6) is 0.960. The van der Waals surface area contributed by atoms with Gasteiger partial charge in [0.15, 0.2) is 0 Å². The highest BCUT2D eigenvalue weighted by molar-refractivity contribution is 9.10. The number of ether oxygens (including phenoxy) is 1. The van der Waals surface area contributed by atoms with Crippen LogP contribution in [0.1, 0.15) is 18.4 Å². The Hall–Kier alpha value is -1.07. The van der Waals surface area contributed by atoms with E-state index in [1.807, 2.05) is 25.2 Å².